The summed E-state index contributed by atoms with van der Waals surface area (Å²) in [6.07, 6.45) is 0. The Labute approximate surface area is 87.5 Å². The van der Waals surface area contributed by atoms with Gasteiger partial charge in [-0.3, -0.25) is 0 Å². The second-order valence-corrected chi connectivity index (χ2v) is 5.81. The van der Waals surface area contributed by atoms with Crippen LogP contribution >= 0.6 is 40.7 Å². The van der Waals surface area contributed by atoms with Crippen LogP contribution < -0.4 is 0 Å². The summed E-state index contributed by atoms with van der Waals surface area (Å²) in [5, 5.41) is 0.788. The molecule has 0 unspecified atom stereocenters. The Balaban J connectivity index is 2.97. The zero-order chi connectivity index (χ0) is 8.97. The Kier molecular flexibility index (Phi) is 4.39. The normalized spacial score (nSPS) is 12.2. The van der Waals surface area contributed by atoms with E-state index in [0.717, 1.165) is 10.9 Å². The third-order valence-corrected chi connectivity index (χ3v) is 3.57. The molecule has 1 aromatic carbocycles. The lowest BCUT2D eigenvalue weighted by molar-refractivity contribution is 1.66. The highest BCUT2D eigenvalue weighted by molar-refractivity contribution is 8.10. The minimum absolute atomic E-state index is 0.788. The standard InChI is InChI=1S/C8H6Cl3P/c9-6-8(12(10)11)7-4-2-1-3-5-7/h1-6H. The second kappa shape index (κ2) is 5.09. The van der Waals surface area contributed by atoms with Crippen molar-refractivity contribution in [2.45, 2.75) is 0 Å². The van der Waals surface area contributed by atoms with Crippen molar-refractivity contribution in [1.82, 2.24) is 0 Å². The molecule has 0 aliphatic rings. The van der Waals surface area contributed by atoms with Crippen LogP contribution in [0, 0.1) is 0 Å². The molecular weight excluding hydrogens is 233 g/mol. The van der Waals surface area contributed by atoms with Crippen LogP contribution in [0.15, 0.2) is 35.9 Å². The third-order valence-electron chi connectivity index (χ3n) is 1.36. The van der Waals surface area contributed by atoms with Crippen molar-refractivity contribution in [2.75, 3.05) is 0 Å². The van der Waals surface area contributed by atoms with Gasteiger partial charge in [0.25, 0.3) is 0 Å². The molecule has 64 valence electrons. The molecule has 0 N–H and O–H groups in total. The van der Waals surface area contributed by atoms with Gasteiger partial charge < -0.3 is 0 Å². The van der Waals surface area contributed by atoms with Crippen LogP contribution in [-0.2, 0) is 0 Å². The van der Waals surface area contributed by atoms with Gasteiger partial charge in [-0.15, -0.1) is 0 Å². The van der Waals surface area contributed by atoms with Crippen LogP contribution in [0.4, 0.5) is 0 Å². The fraction of sp³-hybridized carbons (Fsp3) is 0. The van der Waals surface area contributed by atoms with E-state index in [4.69, 9.17) is 34.1 Å². The van der Waals surface area contributed by atoms with Gasteiger partial charge in [-0.05, 0) is 5.56 Å². The summed E-state index contributed by atoms with van der Waals surface area (Å²) in [6.45, 7) is -1.17. The molecule has 0 heterocycles. The molecule has 0 saturated heterocycles. The van der Waals surface area contributed by atoms with Crippen LogP contribution in [0.1, 0.15) is 5.56 Å². The van der Waals surface area contributed by atoms with Gasteiger partial charge in [0.05, 0.1) is 0 Å². The van der Waals surface area contributed by atoms with Gasteiger partial charge in [-0.2, -0.15) is 0 Å². The first-order chi connectivity index (χ1) is 5.75. The van der Waals surface area contributed by atoms with E-state index in [1.807, 2.05) is 30.3 Å². The SMILES string of the molecule is ClC=C(c1ccccc1)P(Cl)Cl. The van der Waals surface area contributed by atoms with E-state index in [1.165, 1.54) is 5.54 Å². The first-order valence-electron chi connectivity index (χ1n) is 3.23. The number of halogens is 3. The van der Waals surface area contributed by atoms with Crippen LogP contribution in [0.5, 0.6) is 0 Å². The maximum atomic E-state index is 5.76. The number of rotatable bonds is 2. The molecule has 1 aromatic rings. The Morgan fingerprint density at radius 1 is 1.17 bits per heavy atom. The lowest BCUT2D eigenvalue weighted by Crippen LogP contribution is -1.75. The number of benzene rings is 1. The Hall–Kier alpha value is 0.260. The predicted octanol–water partition coefficient (Wildman–Crippen LogP) is 5.01. The van der Waals surface area contributed by atoms with Crippen molar-refractivity contribution < 1.29 is 0 Å². The minimum atomic E-state index is -1.17. The van der Waals surface area contributed by atoms with Crippen LogP contribution in [0.25, 0.3) is 5.31 Å². The lowest BCUT2D eigenvalue weighted by Gasteiger charge is -2.05. The first-order valence-corrected chi connectivity index (χ1v) is 6.82. The molecule has 0 spiro atoms. The maximum absolute atomic E-state index is 5.76. The highest BCUT2D eigenvalue weighted by Gasteiger charge is 2.08. The van der Waals surface area contributed by atoms with Gasteiger partial charge in [-0.1, -0.05) is 64.4 Å². The molecule has 4 heteroatoms. The topological polar surface area (TPSA) is 0 Å². The van der Waals surface area contributed by atoms with E-state index in [0.29, 0.717) is 0 Å². The fourth-order valence-electron chi connectivity index (χ4n) is 0.806. The summed E-state index contributed by atoms with van der Waals surface area (Å²) >= 11 is 17.1. The van der Waals surface area contributed by atoms with E-state index in [9.17, 15) is 0 Å². The molecule has 1 rings (SSSR count). The summed E-state index contributed by atoms with van der Waals surface area (Å²) in [5.41, 5.74) is 2.41. The first kappa shape index (κ1) is 10.3. The van der Waals surface area contributed by atoms with Gasteiger partial charge in [-0.25, -0.2) is 0 Å². The second-order valence-electron chi connectivity index (χ2n) is 2.09. The summed E-state index contributed by atoms with van der Waals surface area (Å²) in [5.74, 6) is 0. The Bertz CT molecular complexity index is 269. The van der Waals surface area contributed by atoms with Crippen molar-refractivity contribution in [3.05, 3.63) is 41.4 Å². The van der Waals surface area contributed by atoms with Crippen molar-refractivity contribution in [1.29, 1.82) is 0 Å². The molecule has 0 aromatic heterocycles. The number of hydrogen-bond acceptors (Lipinski definition) is 0. The fourth-order valence-corrected chi connectivity index (χ4v) is 2.82. The van der Waals surface area contributed by atoms with E-state index >= 15 is 0 Å². The largest absolute Gasteiger partial charge is 0.118 e. The average molecular weight is 239 g/mol. The van der Waals surface area contributed by atoms with Gasteiger partial charge in [0.1, 0.15) is 6.63 Å². The predicted molar refractivity (Wildman–Crippen MR) is 58.9 cm³/mol. The minimum Gasteiger partial charge on any atom is -0.0922 e. The van der Waals surface area contributed by atoms with Gasteiger partial charge in [0.15, 0.2) is 0 Å². The van der Waals surface area contributed by atoms with Gasteiger partial charge in [0, 0.05) is 10.8 Å². The summed E-state index contributed by atoms with van der Waals surface area (Å²) in [4.78, 5) is 0. The molecule has 0 amide bonds. The lowest BCUT2D eigenvalue weighted by atomic mass is 10.2. The molecule has 12 heavy (non-hydrogen) atoms. The average Bonchev–Trinajstić information content (AvgIpc) is 2.07. The molecule has 0 bridgehead atoms. The molecule has 0 saturated carbocycles. The summed E-state index contributed by atoms with van der Waals surface area (Å²) in [7, 11) is 0. The van der Waals surface area contributed by atoms with E-state index in [1.54, 1.807) is 0 Å². The number of hydrogen-bond donors (Lipinski definition) is 0. The van der Waals surface area contributed by atoms with Crippen LogP contribution in [0.3, 0.4) is 0 Å². The highest BCUT2D eigenvalue weighted by Crippen LogP contribution is 2.59. The Morgan fingerprint density at radius 2 is 1.75 bits per heavy atom. The molecule has 0 nitrogen and oxygen atoms in total. The van der Waals surface area contributed by atoms with E-state index < -0.39 is 6.63 Å². The van der Waals surface area contributed by atoms with E-state index in [2.05, 4.69) is 0 Å². The molecular formula is C8H6Cl3P. The zero-order valence-corrected chi connectivity index (χ0v) is 9.21. The summed E-state index contributed by atoms with van der Waals surface area (Å²) in [6, 6.07) is 9.62. The monoisotopic (exact) mass is 238 g/mol. The van der Waals surface area contributed by atoms with Crippen molar-refractivity contribution in [2.24, 2.45) is 0 Å². The van der Waals surface area contributed by atoms with Crippen molar-refractivity contribution >= 4 is 46.0 Å². The molecule has 0 radical (unpaired) electrons. The maximum Gasteiger partial charge on any atom is 0.118 e. The molecule has 0 fully saturated rings. The quantitative estimate of drug-likeness (QED) is 0.636. The molecule has 0 atom stereocenters. The van der Waals surface area contributed by atoms with Gasteiger partial charge in [0.2, 0.25) is 0 Å². The zero-order valence-electron chi connectivity index (χ0n) is 6.05. The summed E-state index contributed by atoms with van der Waals surface area (Å²) < 4.78 is 0. The van der Waals surface area contributed by atoms with Crippen molar-refractivity contribution in [3.8, 4) is 0 Å². The van der Waals surface area contributed by atoms with Gasteiger partial charge >= 0.3 is 0 Å². The smallest absolute Gasteiger partial charge is 0.0922 e. The highest BCUT2D eigenvalue weighted by atomic mass is 35.9. The molecule has 0 aliphatic carbocycles. The van der Waals surface area contributed by atoms with Crippen molar-refractivity contribution in [3.63, 3.8) is 0 Å². The molecule has 0 aliphatic heterocycles. The van der Waals surface area contributed by atoms with Crippen LogP contribution in [-0.4, -0.2) is 0 Å². The van der Waals surface area contributed by atoms with Crippen LogP contribution in [0.2, 0.25) is 0 Å². The Morgan fingerprint density at radius 3 is 2.17 bits per heavy atom. The third kappa shape index (κ3) is 2.64. The van der Waals surface area contributed by atoms with E-state index in [-0.39, 0.29) is 0 Å².